The lowest BCUT2D eigenvalue weighted by molar-refractivity contribution is -0.137. The molecule has 0 fully saturated rings. The standard InChI is InChI=1S/C11H8ClF3N2S/c1-16-9-8(6-3-2-4-7(12)5-6)17-10(18-9)11(13,14)15/h2-5,16H,1H3. The molecule has 0 unspecified atom stereocenters. The third-order valence-corrected chi connectivity index (χ3v) is 3.55. The van der Waals surface area contributed by atoms with Crippen molar-refractivity contribution in [1.82, 2.24) is 4.98 Å². The van der Waals surface area contributed by atoms with Gasteiger partial charge in [-0.15, -0.1) is 0 Å². The quantitative estimate of drug-likeness (QED) is 0.880. The number of alkyl halides is 3. The van der Waals surface area contributed by atoms with E-state index in [0.29, 0.717) is 26.9 Å². The van der Waals surface area contributed by atoms with Gasteiger partial charge in [0.05, 0.1) is 0 Å². The maximum absolute atomic E-state index is 12.6. The van der Waals surface area contributed by atoms with Gasteiger partial charge in [0.1, 0.15) is 10.7 Å². The molecular weight excluding hydrogens is 285 g/mol. The minimum Gasteiger partial charge on any atom is -0.378 e. The molecule has 18 heavy (non-hydrogen) atoms. The normalized spacial score (nSPS) is 11.6. The van der Waals surface area contributed by atoms with Crippen LogP contribution in [0.2, 0.25) is 5.02 Å². The number of hydrogen-bond acceptors (Lipinski definition) is 3. The Labute approximate surface area is 110 Å². The highest BCUT2D eigenvalue weighted by Crippen LogP contribution is 2.40. The van der Waals surface area contributed by atoms with Crippen LogP contribution < -0.4 is 5.32 Å². The van der Waals surface area contributed by atoms with Crippen molar-refractivity contribution in [3.05, 3.63) is 34.3 Å². The van der Waals surface area contributed by atoms with E-state index in [-0.39, 0.29) is 5.69 Å². The van der Waals surface area contributed by atoms with Crippen molar-refractivity contribution in [1.29, 1.82) is 0 Å². The van der Waals surface area contributed by atoms with Gasteiger partial charge in [-0.05, 0) is 12.1 Å². The lowest BCUT2D eigenvalue weighted by Gasteiger charge is -2.01. The lowest BCUT2D eigenvalue weighted by atomic mass is 10.1. The van der Waals surface area contributed by atoms with Crippen LogP contribution in [0.1, 0.15) is 5.01 Å². The van der Waals surface area contributed by atoms with Crippen molar-refractivity contribution >= 4 is 27.9 Å². The van der Waals surface area contributed by atoms with Crippen LogP contribution in [0, 0.1) is 0 Å². The Kier molecular flexibility index (Phi) is 3.49. The number of halogens is 4. The number of aromatic nitrogens is 1. The number of nitrogens with zero attached hydrogens (tertiary/aromatic N) is 1. The average Bonchev–Trinajstić information content (AvgIpc) is 2.72. The zero-order chi connectivity index (χ0) is 13.3. The molecule has 0 atom stereocenters. The predicted octanol–water partition coefficient (Wildman–Crippen LogP) is 4.52. The minimum atomic E-state index is -4.44. The Bertz CT molecular complexity index is 566. The maximum Gasteiger partial charge on any atom is 0.443 e. The third-order valence-electron chi connectivity index (χ3n) is 2.19. The van der Waals surface area contributed by atoms with Crippen molar-refractivity contribution in [2.45, 2.75) is 6.18 Å². The first-order chi connectivity index (χ1) is 8.41. The largest absolute Gasteiger partial charge is 0.443 e. The van der Waals surface area contributed by atoms with Crippen LogP contribution in [0.15, 0.2) is 24.3 Å². The Balaban J connectivity index is 2.54. The van der Waals surface area contributed by atoms with Crippen LogP contribution in [-0.4, -0.2) is 12.0 Å². The van der Waals surface area contributed by atoms with E-state index in [9.17, 15) is 13.2 Å². The summed E-state index contributed by atoms with van der Waals surface area (Å²) in [5.41, 5.74) is 0.816. The second-order valence-corrected chi connectivity index (χ2v) is 4.89. The van der Waals surface area contributed by atoms with Gasteiger partial charge in [-0.25, -0.2) is 4.98 Å². The van der Waals surface area contributed by atoms with Crippen molar-refractivity contribution in [3.63, 3.8) is 0 Å². The van der Waals surface area contributed by atoms with E-state index in [1.54, 1.807) is 31.3 Å². The van der Waals surface area contributed by atoms with Crippen molar-refractivity contribution < 1.29 is 13.2 Å². The summed E-state index contributed by atoms with van der Waals surface area (Å²) in [6, 6.07) is 6.57. The Hall–Kier alpha value is -1.27. The second kappa shape index (κ2) is 4.78. The smallest absolute Gasteiger partial charge is 0.378 e. The van der Waals surface area contributed by atoms with E-state index in [0.717, 1.165) is 0 Å². The van der Waals surface area contributed by atoms with Crippen LogP contribution in [0.3, 0.4) is 0 Å². The van der Waals surface area contributed by atoms with Crippen molar-refractivity contribution in [2.24, 2.45) is 0 Å². The van der Waals surface area contributed by atoms with Crippen molar-refractivity contribution in [3.8, 4) is 11.3 Å². The molecule has 1 aromatic carbocycles. The number of anilines is 1. The van der Waals surface area contributed by atoms with E-state index >= 15 is 0 Å². The molecule has 0 aliphatic carbocycles. The first kappa shape index (κ1) is 13.2. The molecule has 2 aromatic rings. The molecule has 0 radical (unpaired) electrons. The summed E-state index contributed by atoms with van der Waals surface area (Å²) in [5.74, 6) is 0. The van der Waals surface area contributed by atoms with E-state index in [2.05, 4.69) is 10.3 Å². The summed E-state index contributed by atoms with van der Waals surface area (Å²) in [4.78, 5) is 3.64. The average molecular weight is 293 g/mol. The van der Waals surface area contributed by atoms with Crippen LogP contribution in [0.5, 0.6) is 0 Å². The molecule has 0 saturated heterocycles. The molecule has 2 nitrogen and oxygen atoms in total. The summed E-state index contributed by atoms with van der Waals surface area (Å²) in [6.07, 6.45) is -4.44. The number of rotatable bonds is 2. The molecule has 2 rings (SSSR count). The molecule has 0 spiro atoms. The van der Waals surface area contributed by atoms with Gasteiger partial charge in [0.15, 0.2) is 0 Å². The van der Waals surface area contributed by atoms with Gasteiger partial charge in [-0.3, -0.25) is 0 Å². The fourth-order valence-electron chi connectivity index (χ4n) is 1.44. The van der Waals surface area contributed by atoms with Gasteiger partial charge in [0.2, 0.25) is 5.01 Å². The van der Waals surface area contributed by atoms with Crippen LogP contribution in [-0.2, 0) is 6.18 Å². The monoisotopic (exact) mass is 292 g/mol. The van der Waals surface area contributed by atoms with Gasteiger partial charge in [-0.2, -0.15) is 13.2 Å². The molecule has 1 aromatic heterocycles. The topological polar surface area (TPSA) is 24.9 Å². The summed E-state index contributed by atoms with van der Waals surface area (Å²) in [7, 11) is 1.56. The number of nitrogens with one attached hydrogen (secondary N) is 1. The summed E-state index contributed by atoms with van der Waals surface area (Å²) in [5, 5.41) is 2.67. The third kappa shape index (κ3) is 2.59. The molecule has 96 valence electrons. The number of benzene rings is 1. The molecule has 0 amide bonds. The van der Waals surface area contributed by atoms with Gasteiger partial charge in [0.25, 0.3) is 0 Å². The zero-order valence-corrected chi connectivity index (χ0v) is 10.7. The van der Waals surface area contributed by atoms with Gasteiger partial charge >= 0.3 is 6.18 Å². The maximum atomic E-state index is 12.6. The molecule has 0 aliphatic rings. The molecule has 0 bridgehead atoms. The molecule has 0 saturated carbocycles. The molecular formula is C11H8ClF3N2S. The lowest BCUT2D eigenvalue weighted by Crippen LogP contribution is -2.03. The van der Waals surface area contributed by atoms with E-state index in [1.165, 1.54) is 0 Å². The first-order valence-corrected chi connectivity index (χ1v) is 6.13. The fraction of sp³-hybridized carbons (Fsp3) is 0.182. The molecule has 1 heterocycles. The SMILES string of the molecule is CNc1sc(C(F)(F)F)nc1-c1cccc(Cl)c1. The van der Waals surface area contributed by atoms with Gasteiger partial charge < -0.3 is 5.32 Å². The zero-order valence-electron chi connectivity index (χ0n) is 9.18. The highest BCUT2D eigenvalue weighted by atomic mass is 35.5. The molecule has 7 heteroatoms. The van der Waals surface area contributed by atoms with Crippen LogP contribution in [0.4, 0.5) is 18.2 Å². The first-order valence-electron chi connectivity index (χ1n) is 4.93. The van der Waals surface area contributed by atoms with Crippen LogP contribution >= 0.6 is 22.9 Å². The highest BCUT2D eigenvalue weighted by Gasteiger charge is 2.36. The molecule has 1 N–H and O–H groups in total. The summed E-state index contributed by atoms with van der Waals surface area (Å²) < 4.78 is 37.8. The minimum absolute atomic E-state index is 0.261. The van der Waals surface area contributed by atoms with E-state index in [4.69, 9.17) is 11.6 Å². The highest BCUT2D eigenvalue weighted by molar-refractivity contribution is 7.16. The van der Waals surface area contributed by atoms with E-state index in [1.807, 2.05) is 0 Å². The summed E-state index contributed by atoms with van der Waals surface area (Å²) >= 11 is 6.40. The van der Waals surface area contributed by atoms with Gasteiger partial charge in [0, 0.05) is 17.6 Å². The Morgan fingerprint density at radius 1 is 1.33 bits per heavy atom. The number of thiazole rings is 1. The van der Waals surface area contributed by atoms with Gasteiger partial charge in [-0.1, -0.05) is 35.1 Å². The fourth-order valence-corrected chi connectivity index (χ4v) is 2.44. The molecule has 0 aliphatic heterocycles. The van der Waals surface area contributed by atoms with Crippen LogP contribution in [0.25, 0.3) is 11.3 Å². The Morgan fingerprint density at radius 2 is 2.06 bits per heavy atom. The predicted molar refractivity (Wildman–Crippen MR) is 67.1 cm³/mol. The second-order valence-electron chi connectivity index (χ2n) is 3.45. The van der Waals surface area contributed by atoms with Crippen molar-refractivity contribution in [2.75, 3.05) is 12.4 Å². The number of hydrogen-bond donors (Lipinski definition) is 1. The Morgan fingerprint density at radius 3 is 2.61 bits per heavy atom. The summed E-state index contributed by atoms with van der Waals surface area (Å²) in [6.45, 7) is 0. The van der Waals surface area contributed by atoms with E-state index < -0.39 is 11.2 Å².